The molecular weight excluding hydrogens is 553 g/mol. The summed E-state index contributed by atoms with van der Waals surface area (Å²) in [6.07, 6.45) is 3.04. The van der Waals surface area contributed by atoms with Crippen LogP contribution in [0.5, 0.6) is 0 Å². The van der Waals surface area contributed by atoms with Crippen LogP contribution in [-0.2, 0) is 0 Å². The van der Waals surface area contributed by atoms with Gasteiger partial charge in [-0.2, -0.15) is 0 Å². The summed E-state index contributed by atoms with van der Waals surface area (Å²) < 4.78 is 16.9. The Balaban J connectivity index is 1.45. The van der Waals surface area contributed by atoms with E-state index in [9.17, 15) is 4.39 Å². The van der Waals surface area contributed by atoms with Crippen LogP contribution in [-0.4, -0.2) is 27.8 Å². The number of hydrogen-bond donors (Lipinski definition) is 1. The van der Waals surface area contributed by atoms with Crippen LogP contribution in [0.25, 0.3) is 5.69 Å². The lowest BCUT2D eigenvalue weighted by molar-refractivity contribution is 0.357. The van der Waals surface area contributed by atoms with Gasteiger partial charge in [0.1, 0.15) is 5.82 Å². The molecule has 4 atom stereocenters. The third-order valence-corrected chi connectivity index (χ3v) is 9.02. The third kappa shape index (κ3) is 5.10. The Morgan fingerprint density at radius 3 is 2.37 bits per heavy atom. The van der Waals surface area contributed by atoms with Crippen LogP contribution in [0.2, 0.25) is 5.02 Å². The molecule has 2 aromatic heterocycles. The van der Waals surface area contributed by atoms with Gasteiger partial charge in [-0.25, -0.2) is 4.39 Å². The molecule has 0 saturated carbocycles. The maximum atomic E-state index is 15.0. The molecule has 2 aliphatic heterocycles. The summed E-state index contributed by atoms with van der Waals surface area (Å²) in [5, 5.41) is 4.86. The summed E-state index contributed by atoms with van der Waals surface area (Å²) in [6, 6.07) is 20.8. The topological polar surface area (TPSA) is 36.3 Å². The second-order valence-electron chi connectivity index (χ2n) is 11.6. The van der Waals surface area contributed by atoms with Gasteiger partial charge in [-0.1, -0.05) is 43.6 Å². The number of rotatable bonds is 5. The van der Waals surface area contributed by atoms with Crippen molar-refractivity contribution < 1.29 is 4.39 Å². The van der Waals surface area contributed by atoms with E-state index in [0.29, 0.717) is 27.7 Å². The zero-order valence-electron chi connectivity index (χ0n) is 23.8. The molecule has 0 amide bonds. The maximum absolute atomic E-state index is 15.0. The minimum atomic E-state index is -0.261. The van der Waals surface area contributed by atoms with Crippen molar-refractivity contribution in [2.45, 2.75) is 46.2 Å². The van der Waals surface area contributed by atoms with E-state index in [-0.39, 0.29) is 17.9 Å². The van der Waals surface area contributed by atoms with Crippen molar-refractivity contribution in [3.05, 3.63) is 106 Å². The first-order chi connectivity index (χ1) is 19.7. The van der Waals surface area contributed by atoms with Crippen molar-refractivity contribution >= 4 is 40.3 Å². The Bertz CT molecular complexity index is 1580. The molecule has 0 spiro atoms. The van der Waals surface area contributed by atoms with E-state index < -0.39 is 0 Å². The number of piperidine rings is 1. The molecule has 2 fully saturated rings. The Labute approximate surface area is 252 Å². The fraction of sp³-hybridized carbons (Fsp3) is 0.333. The van der Waals surface area contributed by atoms with E-state index in [1.54, 1.807) is 12.3 Å². The van der Waals surface area contributed by atoms with E-state index in [1.807, 2.05) is 54.8 Å². The van der Waals surface area contributed by atoms with Crippen molar-refractivity contribution in [2.75, 3.05) is 22.9 Å². The molecule has 2 aromatic carbocycles. The smallest absolute Gasteiger partial charge is 0.174 e. The second-order valence-corrected chi connectivity index (χ2v) is 12.4. The molecule has 0 radical (unpaired) electrons. The van der Waals surface area contributed by atoms with Crippen LogP contribution < -0.4 is 15.1 Å². The van der Waals surface area contributed by atoms with Gasteiger partial charge in [0, 0.05) is 36.4 Å². The predicted molar refractivity (Wildman–Crippen MR) is 170 cm³/mol. The highest BCUT2D eigenvalue weighted by Crippen LogP contribution is 2.45. The highest BCUT2D eigenvalue weighted by Gasteiger charge is 2.42. The minimum Gasteiger partial charge on any atom is -0.370 e. The average molecular weight is 588 g/mol. The molecule has 5 nitrogen and oxygen atoms in total. The summed E-state index contributed by atoms with van der Waals surface area (Å²) in [6.45, 7) is 10.7. The molecule has 212 valence electrons. The number of anilines is 2. The molecule has 0 aliphatic carbocycles. The van der Waals surface area contributed by atoms with E-state index in [0.717, 1.165) is 47.1 Å². The molecule has 4 heterocycles. The van der Waals surface area contributed by atoms with Crippen LogP contribution in [0, 0.1) is 31.5 Å². The number of hydrogen-bond acceptors (Lipinski definition) is 3. The van der Waals surface area contributed by atoms with Gasteiger partial charge in [-0.05, 0) is 98.4 Å². The van der Waals surface area contributed by atoms with Gasteiger partial charge in [-0.15, -0.1) is 0 Å². The summed E-state index contributed by atoms with van der Waals surface area (Å²) in [4.78, 5) is 9.23. The zero-order valence-corrected chi connectivity index (χ0v) is 25.4. The molecule has 2 aliphatic rings. The fourth-order valence-corrected chi connectivity index (χ4v) is 7.44. The lowest BCUT2D eigenvalue weighted by Crippen LogP contribution is -2.38. The monoisotopic (exact) mass is 587 g/mol. The number of nitrogens with zero attached hydrogens (tertiary/aromatic N) is 4. The van der Waals surface area contributed by atoms with E-state index in [2.05, 4.69) is 52.1 Å². The second kappa shape index (κ2) is 11.1. The first kappa shape index (κ1) is 27.7. The summed E-state index contributed by atoms with van der Waals surface area (Å²) in [7, 11) is 0. The molecule has 1 N–H and O–H groups in total. The van der Waals surface area contributed by atoms with Gasteiger partial charge in [0.15, 0.2) is 5.11 Å². The van der Waals surface area contributed by atoms with Gasteiger partial charge in [-0.3, -0.25) is 4.98 Å². The van der Waals surface area contributed by atoms with Crippen molar-refractivity contribution in [2.24, 2.45) is 11.8 Å². The quantitative estimate of drug-likeness (QED) is 0.240. The van der Waals surface area contributed by atoms with E-state index in [1.165, 1.54) is 12.5 Å². The molecule has 2 saturated heterocycles. The van der Waals surface area contributed by atoms with Gasteiger partial charge in [0.05, 0.1) is 34.2 Å². The van der Waals surface area contributed by atoms with Crippen molar-refractivity contribution in [3.63, 3.8) is 0 Å². The summed E-state index contributed by atoms with van der Waals surface area (Å²) in [5.41, 5.74) is 6.33. The van der Waals surface area contributed by atoms with Gasteiger partial charge >= 0.3 is 0 Å². The van der Waals surface area contributed by atoms with Crippen LogP contribution in [0.4, 0.5) is 15.8 Å². The number of thiocarbonyl (C=S) groups is 1. The highest BCUT2D eigenvalue weighted by molar-refractivity contribution is 7.80. The molecule has 41 heavy (non-hydrogen) atoms. The van der Waals surface area contributed by atoms with Gasteiger partial charge in [0.2, 0.25) is 0 Å². The molecule has 8 heteroatoms. The minimum absolute atomic E-state index is 0.208. The van der Waals surface area contributed by atoms with E-state index >= 15 is 0 Å². The van der Waals surface area contributed by atoms with Crippen molar-refractivity contribution in [1.29, 1.82) is 0 Å². The number of para-hydroxylation sites is 1. The number of benzene rings is 2. The SMILES string of the molecule is Cc1cc([C@@H]2[C@H](c3ccccn3)NC(=S)N2c2ccc(N3C[C@H](C)C[C@H](C)C3)c(Cl)c2)c(C)n1-c1ccccc1F. The zero-order chi connectivity index (χ0) is 28.8. The van der Waals surface area contributed by atoms with Crippen LogP contribution in [0.3, 0.4) is 0 Å². The Kier molecular flexibility index (Phi) is 7.51. The van der Waals surface area contributed by atoms with Gasteiger partial charge in [0.25, 0.3) is 0 Å². The van der Waals surface area contributed by atoms with Crippen LogP contribution in [0.1, 0.15) is 55.0 Å². The van der Waals surface area contributed by atoms with Gasteiger partial charge < -0.3 is 19.7 Å². The normalized spacial score (nSPS) is 22.7. The first-order valence-electron chi connectivity index (χ1n) is 14.2. The lowest BCUT2D eigenvalue weighted by atomic mass is 9.91. The Morgan fingerprint density at radius 2 is 1.68 bits per heavy atom. The largest absolute Gasteiger partial charge is 0.370 e. The molecular formula is C33H35ClFN5S. The highest BCUT2D eigenvalue weighted by atomic mass is 35.5. The van der Waals surface area contributed by atoms with Crippen LogP contribution >= 0.6 is 23.8 Å². The third-order valence-electron chi connectivity index (χ3n) is 8.40. The number of aromatic nitrogens is 2. The lowest BCUT2D eigenvalue weighted by Gasteiger charge is -2.37. The standard InChI is InChI=1S/C33H35ClFN5S/c1-20-15-21(2)19-38(18-20)29-13-12-24(17-26(29)34)40-32(31(37-33(40)41)28-10-7-8-14-36-28)25-16-22(3)39(23(25)4)30-11-6-5-9-27(30)35/h5-14,16-17,20-21,31-32H,15,18-19H2,1-4H3,(H,37,41)/t20-,21+,31-,32+/m0/s1. The molecule has 0 bridgehead atoms. The molecule has 4 aromatic rings. The fourth-order valence-electron chi connectivity index (χ4n) is 6.80. The summed E-state index contributed by atoms with van der Waals surface area (Å²) in [5.74, 6) is 0.985. The Hall–Kier alpha value is -3.42. The van der Waals surface area contributed by atoms with Crippen molar-refractivity contribution in [1.82, 2.24) is 14.9 Å². The number of halogens is 2. The number of nitrogens with one attached hydrogen (secondary N) is 1. The Morgan fingerprint density at radius 1 is 0.951 bits per heavy atom. The first-order valence-corrected chi connectivity index (χ1v) is 15.0. The maximum Gasteiger partial charge on any atom is 0.174 e. The molecule has 6 rings (SSSR count). The average Bonchev–Trinajstić information content (AvgIpc) is 3.43. The summed E-state index contributed by atoms with van der Waals surface area (Å²) >= 11 is 13.0. The van der Waals surface area contributed by atoms with Crippen LogP contribution in [0.15, 0.2) is 72.9 Å². The van der Waals surface area contributed by atoms with Crippen molar-refractivity contribution in [3.8, 4) is 5.69 Å². The predicted octanol–water partition coefficient (Wildman–Crippen LogP) is 7.94. The number of aryl methyl sites for hydroxylation is 1. The van der Waals surface area contributed by atoms with E-state index in [4.69, 9.17) is 23.8 Å². The number of pyridine rings is 1. The molecule has 0 unspecified atom stereocenters.